The molecule has 2 aromatic rings. The molecule has 1 unspecified atom stereocenters. The van der Waals surface area contributed by atoms with Gasteiger partial charge in [-0.15, -0.1) is 0 Å². The number of hydrogen-bond acceptors (Lipinski definition) is 4. The van der Waals surface area contributed by atoms with Crippen molar-refractivity contribution < 1.29 is 14.4 Å². The van der Waals surface area contributed by atoms with E-state index in [0.29, 0.717) is 23.4 Å². The molecule has 3 N–H and O–H groups in total. The van der Waals surface area contributed by atoms with E-state index >= 15 is 0 Å². The predicted molar refractivity (Wildman–Crippen MR) is 122 cm³/mol. The van der Waals surface area contributed by atoms with Crippen LogP contribution < -0.4 is 16.0 Å². The van der Waals surface area contributed by atoms with Gasteiger partial charge in [-0.05, 0) is 68.5 Å². The van der Waals surface area contributed by atoms with Crippen LogP contribution in [0.15, 0.2) is 48.5 Å². The van der Waals surface area contributed by atoms with Crippen molar-refractivity contribution in [1.82, 2.24) is 5.32 Å². The van der Waals surface area contributed by atoms with Gasteiger partial charge in [0.1, 0.15) is 6.04 Å². The van der Waals surface area contributed by atoms with Gasteiger partial charge in [-0.1, -0.05) is 23.8 Å². The molecule has 0 radical (unpaired) electrons. The maximum absolute atomic E-state index is 12.9. The molecule has 0 aromatic heterocycles. The summed E-state index contributed by atoms with van der Waals surface area (Å²) >= 11 is 1.62. The molecule has 7 heteroatoms. The Balaban J connectivity index is 1.65. The van der Waals surface area contributed by atoms with Crippen LogP contribution >= 0.6 is 11.8 Å². The highest BCUT2D eigenvalue weighted by Gasteiger charge is 2.29. The molecule has 0 spiro atoms. The summed E-state index contributed by atoms with van der Waals surface area (Å²) in [7, 11) is 0. The summed E-state index contributed by atoms with van der Waals surface area (Å²) in [5.74, 6) is 0.308. The Morgan fingerprint density at radius 2 is 1.73 bits per heavy atom. The van der Waals surface area contributed by atoms with Gasteiger partial charge in [0.25, 0.3) is 5.91 Å². The first-order valence-electron chi connectivity index (χ1n) is 10.0. The molecule has 0 aliphatic heterocycles. The highest BCUT2D eigenvalue weighted by atomic mass is 32.2. The Hall–Kier alpha value is -2.80. The van der Waals surface area contributed by atoms with E-state index in [-0.39, 0.29) is 23.6 Å². The Morgan fingerprint density at radius 1 is 1.03 bits per heavy atom. The van der Waals surface area contributed by atoms with E-state index in [4.69, 9.17) is 0 Å². The Kier molecular flexibility index (Phi) is 7.52. The van der Waals surface area contributed by atoms with E-state index in [1.807, 2.05) is 25.3 Å². The molecular formula is C23H27N3O3S. The zero-order valence-corrected chi connectivity index (χ0v) is 18.1. The van der Waals surface area contributed by atoms with Gasteiger partial charge in [-0.2, -0.15) is 11.8 Å². The van der Waals surface area contributed by atoms with Crippen LogP contribution in [0.2, 0.25) is 0 Å². The summed E-state index contributed by atoms with van der Waals surface area (Å²) in [5, 5.41) is 8.59. The number of carbonyl (C=O) groups excluding carboxylic acids is 3. The van der Waals surface area contributed by atoms with Crippen LogP contribution in [0.25, 0.3) is 0 Å². The Morgan fingerprint density at radius 3 is 2.40 bits per heavy atom. The number of nitrogens with one attached hydrogen (secondary N) is 3. The molecule has 0 bridgehead atoms. The third kappa shape index (κ3) is 6.35. The lowest BCUT2D eigenvalue weighted by molar-refractivity contribution is -0.118. The van der Waals surface area contributed by atoms with E-state index in [2.05, 4.69) is 16.0 Å². The summed E-state index contributed by atoms with van der Waals surface area (Å²) in [6.07, 6.45) is 4.34. The lowest BCUT2D eigenvalue weighted by Crippen LogP contribution is -2.44. The number of hydrogen-bond donors (Lipinski definition) is 3. The number of aryl methyl sites for hydroxylation is 1. The van der Waals surface area contributed by atoms with E-state index in [9.17, 15) is 14.4 Å². The maximum Gasteiger partial charge on any atom is 0.251 e. The summed E-state index contributed by atoms with van der Waals surface area (Å²) in [6.45, 7) is 1.92. The van der Waals surface area contributed by atoms with E-state index in [1.54, 1.807) is 48.2 Å². The van der Waals surface area contributed by atoms with Crippen molar-refractivity contribution in [3.63, 3.8) is 0 Å². The molecule has 0 heterocycles. The van der Waals surface area contributed by atoms with Gasteiger partial charge in [0.15, 0.2) is 0 Å². The lowest BCUT2D eigenvalue weighted by atomic mass is 10.1. The molecule has 3 amide bonds. The molecule has 1 aliphatic rings. The quantitative estimate of drug-likeness (QED) is 0.570. The predicted octanol–water partition coefficient (Wildman–Crippen LogP) is 3.83. The van der Waals surface area contributed by atoms with Gasteiger partial charge in [0.05, 0.1) is 0 Å². The number of rotatable bonds is 9. The zero-order valence-electron chi connectivity index (χ0n) is 17.2. The molecular weight excluding hydrogens is 398 g/mol. The number of benzene rings is 2. The molecule has 158 valence electrons. The standard InChI is InChI=1S/C23H27N3O3S/c1-15-5-3-6-17(13-15)22(28)26-20(11-12-30-2)23(29)25-19-8-4-7-18(14-19)24-21(27)16-9-10-16/h3-8,13-14,16,20H,9-12H2,1-2H3,(H,24,27)(H,25,29)(H,26,28). The monoisotopic (exact) mass is 425 g/mol. The molecule has 3 rings (SSSR count). The van der Waals surface area contributed by atoms with Gasteiger partial charge in [0.2, 0.25) is 11.8 Å². The average molecular weight is 426 g/mol. The molecule has 0 saturated heterocycles. The topological polar surface area (TPSA) is 87.3 Å². The second-order valence-electron chi connectivity index (χ2n) is 7.51. The van der Waals surface area contributed by atoms with Crippen LogP contribution in [0.3, 0.4) is 0 Å². The SMILES string of the molecule is CSCCC(NC(=O)c1cccc(C)c1)C(=O)Nc1cccc(NC(=O)C2CC2)c1. The van der Waals surface area contributed by atoms with Gasteiger partial charge < -0.3 is 16.0 Å². The fourth-order valence-corrected chi connectivity index (χ4v) is 3.50. The van der Waals surface area contributed by atoms with E-state index in [1.165, 1.54) is 0 Å². The maximum atomic E-state index is 12.9. The van der Waals surface area contributed by atoms with E-state index < -0.39 is 6.04 Å². The molecule has 2 aromatic carbocycles. The largest absolute Gasteiger partial charge is 0.340 e. The molecule has 1 saturated carbocycles. The van der Waals surface area contributed by atoms with Gasteiger partial charge in [0, 0.05) is 22.9 Å². The molecule has 1 aliphatic carbocycles. The smallest absolute Gasteiger partial charge is 0.251 e. The highest BCUT2D eigenvalue weighted by molar-refractivity contribution is 7.98. The number of anilines is 2. The van der Waals surface area contributed by atoms with Crippen molar-refractivity contribution in [2.75, 3.05) is 22.6 Å². The summed E-state index contributed by atoms with van der Waals surface area (Å²) in [5.41, 5.74) is 2.74. The Labute approximate surface area is 181 Å². The van der Waals surface area contributed by atoms with Crippen LogP contribution in [0.5, 0.6) is 0 Å². The van der Waals surface area contributed by atoms with Gasteiger partial charge >= 0.3 is 0 Å². The molecule has 6 nitrogen and oxygen atoms in total. The van der Waals surface area contributed by atoms with E-state index in [0.717, 1.165) is 24.2 Å². The molecule has 1 atom stereocenters. The van der Waals surface area contributed by atoms with Crippen molar-refractivity contribution in [2.24, 2.45) is 5.92 Å². The first-order valence-corrected chi connectivity index (χ1v) is 11.4. The second kappa shape index (κ2) is 10.3. The summed E-state index contributed by atoms with van der Waals surface area (Å²) in [4.78, 5) is 37.5. The first-order chi connectivity index (χ1) is 14.5. The van der Waals surface area contributed by atoms with Crippen LogP contribution in [0.4, 0.5) is 11.4 Å². The minimum Gasteiger partial charge on any atom is -0.340 e. The third-order valence-electron chi connectivity index (χ3n) is 4.86. The molecule has 30 heavy (non-hydrogen) atoms. The van der Waals surface area contributed by atoms with Gasteiger partial charge in [-0.3, -0.25) is 14.4 Å². The Bertz CT molecular complexity index is 927. The minimum atomic E-state index is -0.657. The first kappa shape index (κ1) is 21.9. The highest BCUT2D eigenvalue weighted by Crippen LogP contribution is 2.30. The van der Waals surface area contributed by atoms with Crippen molar-refractivity contribution in [3.05, 3.63) is 59.7 Å². The number of carbonyl (C=O) groups is 3. The van der Waals surface area contributed by atoms with Crippen LogP contribution in [-0.4, -0.2) is 35.8 Å². The minimum absolute atomic E-state index is 0.0155. The van der Waals surface area contributed by atoms with Crippen molar-refractivity contribution >= 4 is 40.9 Å². The van der Waals surface area contributed by atoms with Crippen molar-refractivity contribution in [3.8, 4) is 0 Å². The zero-order chi connectivity index (χ0) is 21.5. The van der Waals surface area contributed by atoms with Crippen molar-refractivity contribution in [1.29, 1.82) is 0 Å². The fraction of sp³-hybridized carbons (Fsp3) is 0.348. The normalized spacial score (nSPS) is 13.9. The van der Waals surface area contributed by atoms with Crippen LogP contribution in [0, 0.1) is 12.8 Å². The number of thioether (sulfide) groups is 1. The third-order valence-corrected chi connectivity index (χ3v) is 5.50. The second-order valence-corrected chi connectivity index (χ2v) is 8.50. The number of amides is 3. The van der Waals surface area contributed by atoms with Crippen LogP contribution in [0.1, 0.15) is 35.2 Å². The summed E-state index contributed by atoms with van der Waals surface area (Å²) in [6, 6.07) is 13.7. The van der Waals surface area contributed by atoms with Crippen LogP contribution in [-0.2, 0) is 9.59 Å². The molecule has 1 fully saturated rings. The fourth-order valence-electron chi connectivity index (χ4n) is 3.03. The van der Waals surface area contributed by atoms with Gasteiger partial charge in [-0.25, -0.2) is 0 Å². The summed E-state index contributed by atoms with van der Waals surface area (Å²) < 4.78 is 0. The lowest BCUT2D eigenvalue weighted by Gasteiger charge is -2.19. The van der Waals surface area contributed by atoms with Crippen molar-refractivity contribution in [2.45, 2.75) is 32.2 Å². The average Bonchev–Trinajstić information content (AvgIpc) is 3.56.